The first-order chi connectivity index (χ1) is 7.50. The van der Waals surface area contributed by atoms with Gasteiger partial charge >= 0.3 is 0 Å². The van der Waals surface area contributed by atoms with Crippen LogP contribution in [0.2, 0.25) is 5.02 Å². The molecule has 1 rings (SSSR count). The molecule has 16 heavy (non-hydrogen) atoms. The summed E-state index contributed by atoms with van der Waals surface area (Å²) >= 11 is 11.5. The van der Waals surface area contributed by atoms with E-state index >= 15 is 0 Å². The van der Waals surface area contributed by atoms with Gasteiger partial charge < -0.3 is 5.32 Å². The van der Waals surface area contributed by atoms with Gasteiger partial charge in [-0.1, -0.05) is 34.5 Å². The summed E-state index contributed by atoms with van der Waals surface area (Å²) in [6, 6.07) is 5.31. The molecule has 0 aliphatic heterocycles. The number of carbonyl (C=O) groups excluding carboxylic acids is 1. The fourth-order valence-electron chi connectivity index (χ4n) is 1.12. The number of nitrogens with one attached hydrogen (secondary N) is 1. The second kappa shape index (κ2) is 6.81. The molecule has 0 aliphatic rings. The third-order valence-electron chi connectivity index (χ3n) is 2.01. The maximum absolute atomic E-state index is 11.7. The molecule has 1 N–H and O–H groups in total. The zero-order chi connectivity index (χ0) is 12.1. The van der Waals surface area contributed by atoms with Crippen LogP contribution in [0.3, 0.4) is 0 Å². The topological polar surface area (TPSA) is 29.1 Å². The Kier molecular flexibility index (Phi) is 6.07. The van der Waals surface area contributed by atoms with E-state index in [2.05, 4.69) is 43.8 Å². The van der Waals surface area contributed by atoms with Gasteiger partial charge in [-0.15, -0.1) is 0 Å². The molecule has 0 bridgehead atoms. The van der Waals surface area contributed by atoms with Gasteiger partial charge in [0.25, 0.3) is 5.91 Å². The Hall–Kier alpha value is 0.190. The Bertz CT molecular complexity index is 384. The highest BCUT2D eigenvalue weighted by atomic mass is 127. The molecule has 0 saturated carbocycles. The van der Waals surface area contributed by atoms with Crippen LogP contribution in [0.25, 0.3) is 0 Å². The Labute approximate surface area is 122 Å². The van der Waals surface area contributed by atoms with Crippen LogP contribution in [0.1, 0.15) is 23.7 Å². The monoisotopic (exact) mass is 415 g/mol. The van der Waals surface area contributed by atoms with Crippen molar-refractivity contribution in [3.63, 3.8) is 0 Å². The highest BCUT2D eigenvalue weighted by molar-refractivity contribution is 14.1. The Morgan fingerprint density at radius 1 is 1.62 bits per heavy atom. The summed E-state index contributed by atoms with van der Waals surface area (Å²) in [5.41, 5.74) is 0.604. The van der Waals surface area contributed by atoms with Gasteiger partial charge in [0.15, 0.2) is 0 Å². The van der Waals surface area contributed by atoms with Gasteiger partial charge in [0.2, 0.25) is 0 Å². The van der Waals surface area contributed by atoms with E-state index in [-0.39, 0.29) is 5.91 Å². The van der Waals surface area contributed by atoms with Gasteiger partial charge in [0.05, 0.1) is 5.02 Å². The maximum atomic E-state index is 11.7. The number of hydrogen-bond donors (Lipinski definition) is 1. The van der Waals surface area contributed by atoms with Crippen molar-refractivity contribution in [3.05, 3.63) is 32.4 Å². The minimum Gasteiger partial charge on any atom is -0.352 e. The lowest BCUT2D eigenvalue weighted by molar-refractivity contribution is 0.0953. The van der Waals surface area contributed by atoms with Crippen molar-refractivity contribution in [2.75, 3.05) is 6.54 Å². The fourth-order valence-corrected chi connectivity index (χ4v) is 1.87. The van der Waals surface area contributed by atoms with Crippen molar-refractivity contribution < 1.29 is 4.79 Å². The third-order valence-corrected chi connectivity index (χ3v) is 4.04. The minimum atomic E-state index is -0.0774. The van der Waals surface area contributed by atoms with Crippen LogP contribution >= 0.6 is 50.1 Å². The van der Waals surface area contributed by atoms with Crippen LogP contribution in [0.4, 0.5) is 0 Å². The van der Waals surface area contributed by atoms with E-state index in [1.54, 1.807) is 12.1 Å². The third kappa shape index (κ3) is 4.59. The molecule has 0 saturated heterocycles. The maximum Gasteiger partial charge on any atom is 0.251 e. The Morgan fingerprint density at radius 3 is 2.88 bits per heavy atom. The lowest BCUT2D eigenvalue weighted by Crippen LogP contribution is -2.25. The molecule has 1 atom stereocenters. The number of benzene rings is 1. The van der Waals surface area contributed by atoms with Crippen LogP contribution in [0.5, 0.6) is 0 Å². The normalized spacial score (nSPS) is 12.2. The standard InChI is InChI=1S/C11H12BrClINO/c1-7(12)4-5-15-11(16)8-2-3-10(14)9(13)6-8/h2-3,6-7H,4-5H2,1H3,(H,15,16). The van der Waals surface area contributed by atoms with E-state index in [0.717, 1.165) is 9.99 Å². The smallest absolute Gasteiger partial charge is 0.251 e. The predicted molar refractivity (Wildman–Crippen MR) is 79.5 cm³/mol. The molecular weight excluding hydrogens is 404 g/mol. The summed E-state index contributed by atoms with van der Waals surface area (Å²) in [7, 11) is 0. The van der Waals surface area contributed by atoms with Gasteiger partial charge in [-0.05, 0) is 47.2 Å². The summed E-state index contributed by atoms with van der Waals surface area (Å²) < 4.78 is 0.949. The highest BCUT2D eigenvalue weighted by Gasteiger charge is 2.07. The summed E-state index contributed by atoms with van der Waals surface area (Å²) in [5, 5.41) is 3.46. The summed E-state index contributed by atoms with van der Waals surface area (Å²) in [5.74, 6) is -0.0774. The van der Waals surface area contributed by atoms with Crippen molar-refractivity contribution >= 4 is 56.0 Å². The zero-order valence-corrected chi connectivity index (χ0v) is 13.3. The number of carbonyl (C=O) groups is 1. The van der Waals surface area contributed by atoms with Crippen LogP contribution in [0.15, 0.2) is 18.2 Å². The van der Waals surface area contributed by atoms with E-state index in [0.29, 0.717) is 22.0 Å². The van der Waals surface area contributed by atoms with Crippen molar-refractivity contribution in [1.29, 1.82) is 0 Å². The average Bonchev–Trinajstić information content (AvgIpc) is 2.21. The molecule has 1 unspecified atom stereocenters. The lowest BCUT2D eigenvalue weighted by atomic mass is 10.2. The van der Waals surface area contributed by atoms with Crippen LogP contribution in [-0.4, -0.2) is 17.3 Å². The van der Waals surface area contributed by atoms with E-state index < -0.39 is 0 Å². The average molecular weight is 416 g/mol. The molecule has 1 amide bonds. The molecule has 1 aromatic rings. The van der Waals surface area contributed by atoms with Gasteiger partial charge in [-0.3, -0.25) is 4.79 Å². The molecule has 0 spiro atoms. The van der Waals surface area contributed by atoms with E-state index in [1.807, 2.05) is 13.0 Å². The van der Waals surface area contributed by atoms with Crippen molar-refractivity contribution in [2.45, 2.75) is 18.2 Å². The molecule has 0 aliphatic carbocycles. The van der Waals surface area contributed by atoms with Crippen molar-refractivity contribution in [2.24, 2.45) is 0 Å². The van der Waals surface area contributed by atoms with E-state index in [4.69, 9.17) is 11.6 Å². The Balaban J connectivity index is 2.56. The minimum absolute atomic E-state index is 0.0774. The molecule has 0 heterocycles. The molecule has 1 aromatic carbocycles. The number of hydrogen-bond acceptors (Lipinski definition) is 1. The fraction of sp³-hybridized carbons (Fsp3) is 0.364. The predicted octanol–water partition coefficient (Wildman–Crippen LogP) is 3.85. The number of amides is 1. The number of alkyl halides is 1. The number of halogens is 3. The molecule has 0 radical (unpaired) electrons. The quantitative estimate of drug-likeness (QED) is 0.586. The first-order valence-electron chi connectivity index (χ1n) is 4.88. The molecular formula is C11H12BrClINO. The summed E-state index contributed by atoms with van der Waals surface area (Å²) in [6.45, 7) is 2.71. The highest BCUT2D eigenvalue weighted by Crippen LogP contribution is 2.19. The molecule has 0 aromatic heterocycles. The Morgan fingerprint density at radius 2 is 2.31 bits per heavy atom. The molecule has 5 heteroatoms. The first kappa shape index (κ1) is 14.3. The van der Waals surface area contributed by atoms with Crippen molar-refractivity contribution in [3.8, 4) is 0 Å². The second-order valence-electron chi connectivity index (χ2n) is 3.45. The SMILES string of the molecule is CC(Br)CCNC(=O)c1ccc(I)c(Cl)c1. The van der Waals surface area contributed by atoms with Gasteiger partial charge in [-0.25, -0.2) is 0 Å². The first-order valence-corrected chi connectivity index (χ1v) is 7.25. The van der Waals surface area contributed by atoms with Crippen LogP contribution in [-0.2, 0) is 0 Å². The molecule has 88 valence electrons. The van der Waals surface area contributed by atoms with Gasteiger partial charge in [0.1, 0.15) is 0 Å². The van der Waals surface area contributed by atoms with E-state index in [1.165, 1.54) is 0 Å². The van der Waals surface area contributed by atoms with Crippen molar-refractivity contribution in [1.82, 2.24) is 5.32 Å². The van der Waals surface area contributed by atoms with Gasteiger partial charge in [-0.2, -0.15) is 0 Å². The van der Waals surface area contributed by atoms with Crippen LogP contribution < -0.4 is 5.32 Å². The molecule has 2 nitrogen and oxygen atoms in total. The van der Waals surface area contributed by atoms with E-state index in [9.17, 15) is 4.79 Å². The molecule has 0 fully saturated rings. The lowest BCUT2D eigenvalue weighted by Gasteiger charge is -2.07. The zero-order valence-electron chi connectivity index (χ0n) is 8.77. The van der Waals surface area contributed by atoms with Gasteiger partial charge in [0, 0.05) is 20.5 Å². The van der Waals surface area contributed by atoms with Crippen LogP contribution in [0, 0.1) is 3.57 Å². The number of rotatable bonds is 4. The largest absolute Gasteiger partial charge is 0.352 e. The second-order valence-corrected chi connectivity index (χ2v) is 6.59. The summed E-state index contributed by atoms with van der Waals surface area (Å²) in [6.07, 6.45) is 0.907. The summed E-state index contributed by atoms with van der Waals surface area (Å²) in [4.78, 5) is 12.1.